The van der Waals surface area contributed by atoms with Gasteiger partial charge in [-0.3, -0.25) is 9.69 Å². The number of carbonyl (C=O) groups is 1. The van der Waals surface area contributed by atoms with E-state index in [0.717, 1.165) is 11.1 Å². The van der Waals surface area contributed by atoms with Crippen molar-refractivity contribution in [2.45, 2.75) is 20.0 Å². The summed E-state index contributed by atoms with van der Waals surface area (Å²) >= 11 is 0. The van der Waals surface area contributed by atoms with E-state index in [9.17, 15) is 9.59 Å². The summed E-state index contributed by atoms with van der Waals surface area (Å²) in [5.41, 5.74) is 1.71. The minimum absolute atomic E-state index is 0.0522. The van der Waals surface area contributed by atoms with Gasteiger partial charge in [0.25, 0.3) is 0 Å². The lowest BCUT2D eigenvalue weighted by Gasteiger charge is -2.29. The van der Waals surface area contributed by atoms with E-state index < -0.39 is 5.63 Å². The maximum Gasteiger partial charge on any atom is 0.347 e. The number of ether oxygens (including phenoxy) is 3. The molecule has 7 nitrogen and oxygen atoms in total. The molecule has 0 bridgehead atoms. The summed E-state index contributed by atoms with van der Waals surface area (Å²) in [4.78, 5) is 25.9. The van der Waals surface area contributed by atoms with Gasteiger partial charge >= 0.3 is 5.63 Å². The third-order valence-corrected chi connectivity index (χ3v) is 4.98. The minimum atomic E-state index is -0.629. The van der Waals surface area contributed by atoms with Crippen molar-refractivity contribution >= 4 is 16.8 Å². The van der Waals surface area contributed by atoms with E-state index in [4.69, 9.17) is 18.6 Å². The summed E-state index contributed by atoms with van der Waals surface area (Å²) in [6.07, 6.45) is 0. The molecule has 0 unspecified atom stereocenters. The van der Waals surface area contributed by atoms with E-state index in [0.29, 0.717) is 48.0 Å². The van der Waals surface area contributed by atoms with E-state index in [1.165, 1.54) is 6.92 Å². The number of hydrogen-bond donors (Lipinski definition) is 0. The molecule has 1 aliphatic heterocycles. The van der Waals surface area contributed by atoms with Gasteiger partial charge in [-0.2, -0.15) is 0 Å². The highest BCUT2D eigenvalue weighted by atomic mass is 16.5. The number of Topliss-reactive ketones (excluding diaryl/α,β-unsaturated/α-hetero) is 1. The first-order valence-electron chi connectivity index (χ1n) is 9.17. The predicted molar refractivity (Wildman–Crippen MR) is 107 cm³/mol. The first-order valence-corrected chi connectivity index (χ1v) is 9.17. The van der Waals surface area contributed by atoms with Crippen LogP contribution in [-0.2, 0) is 13.1 Å². The van der Waals surface area contributed by atoms with Gasteiger partial charge in [0.2, 0.25) is 0 Å². The number of benzene rings is 2. The normalized spacial score (nSPS) is 13.6. The Morgan fingerprint density at radius 3 is 2.62 bits per heavy atom. The number of nitrogens with zero attached hydrogens (tertiary/aromatic N) is 1. The van der Waals surface area contributed by atoms with Gasteiger partial charge in [0, 0.05) is 18.5 Å². The average molecular weight is 395 g/mol. The molecular weight excluding hydrogens is 374 g/mol. The standard InChI is InChI=1S/C22H21NO6/c1-13(24)16-9-15-5-7-18-17(21(15)29-22(16)25)11-23(12-28-18)10-14-4-6-19(26-2)20(8-14)27-3/h4-9H,10-12H2,1-3H3. The van der Waals surface area contributed by atoms with Gasteiger partial charge in [-0.1, -0.05) is 6.07 Å². The highest BCUT2D eigenvalue weighted by molar-refractivity contribution is 5.97. The lowest BCUT2D eigenvalue weighted by molar-refractivity contribution is 0.0888. The van der Waals surface area contributed by atoms with Crippen LogP contribution in [0.3, 0.4) is 0 Å². The number of ketones is 1. The van der Waals surface area contributed by atoms with Crippen molar-refractivity contribution in [3.8, 4) is 17.2 Å². The van der Waals surface area contributed by atoms with Gasteiger partial charge in [0.05, 0.1) is 19.8 Å². The number of methoxy groups -OCH3 is 2. The van der Waals surface area contributed by atoms with Crippen LogP contribution in [0.4, 0.5) is 0 Å². The van der Waals surface area contributed by atoms with Crippen molar-refractivity contribution < 1.29 is 23.4 Å². The van der Waals surface area contributed by atoms with E-state index in [1.807, 2.05) is 24.3 Å². The lowest BCUT2D eigenvalue weighted by Crippen LogP contribution is -2.31. The highest BCUT2D eigenvalue weighted by Gasteiger charge is 2.23. The quantitative estimate of drug-likeness (QED) is 0.484. The van der Waals surface area contributed by atoms with Crippen LogP contribution in [0, 0.1) is 0 Å². The predicted octanol–water partition coefficient (Wildman–Crippen LogP) is 3.36. The Morgan fingerprint density at radius 1 is 1.10 bits per heavy atom. The molecule has 150 valence electrons. The molecule has 0 atom stereocenters. The minimum Gasteiger partial charge on any atom is -0.493 e. The van der Waals surface area contributed by atoms with Crippen LogP contribution in [0.5, 0.6) is 17.2 Å². The van der Waals surface area contributed by atoms with Crippen LogP contribution >= 0.6 is 0 Å². The maximum absolute atomic E-state index is 12.2. The number of hydrogen-bond acceptors (Lipinski definition) is 7. The second-order valence-corrected chi connectivity index (χ2v) is 6.91. The van der Waals surface area contributed by atoms with Crippen LogP contribution in [0.1, 0.15) is 28.4 Å². The fraction of sp³-hybridized carbons (Fsp3) is 0.273. The summed E-state index contributed by atoms with van der Waals surface area (Å²) in [6.45, 7) is 2.92. The summed E-state index contributed by atoms with van der Waals surface area (Å²) < 4.78 is 22.0. The molecule has 0 aliphatic carbocycles. The smallest absolute Gasteiger partial charge is 0.347 e. The molecule has 0 spiro atoms. The van der Waals surface area contributed by atoms with E-state index in [-0.39, 0.29) is 11.3 Å². The van der Waals surface area contributed by atoms with Gasteiger partial charge in [-0.15, -0.1) is 0 Å². The van der Waals surface area contributed by atoms with Crippen molar-refractivity contribution in [3.05, 3.63) is 63.5 Å². The second-order valence-electron chi connectivity index (χ2n) is 6.91. The second kappa shape index (κ2) is 7.60. The van der Waals surface area contributed by atoms with E-state index in [1.54, 1.807) is 26.4 Å². The molecule has 3 aromatic rings. The first-order chi connectivity index (χ1) is 14.0. The van der Waals surface area contributed by atoms with Crippen molar-refractivity contribution in [2.75, 3.05) is 21.0 Å². The zero-order valence-electron chi connectivity index (χ0n) is 16.5. The first kappa shape index (κ1) is 19.0. The summed E-state index contributed by atoms with van der Waals surface area (Å²) in [7, 11) is 3.20. The molecular formula is C22H21NO6. The molecule has 0 saturated heterocycles. The lowest BCUT2D eigenvalue weighted by atomic mass is 10.1. The summed E-state index contributed by atoms with van der Waals surface area (Å²) in [6, 6.07) is 11.0. The SMILES string of the molecule is COc1ccc(CN2COc3ccc4cc(C(C)=O)c(=O)oc4c3C2)cc1OC. The Labute approximate surface area is 167 Å². The van der Waals surface area contributed by atoms with Crippen molar-refractivity contribution in [2.24, 2.45) is 0 Å². The number of fused-ring (bicyclic) bond motifs is 3. The Morgan fingerprint density at radius 2 is 1.90 bits per heavy atom. The van der Waals surface area contributed by atoms with E-state index in [2.05, 4.69) is 4.90 Å². The maximum atomic E-state index is 12.2. The van der Waals surface area contributed by atoms with E-state index >= 15 is 0 Å². The van der Waals surface area contributed by atoms with Crippen molar-refractivity contribution in [1.82, 2.24) is 4.90 Å². The molecule has 0 saturated carbocycles. The molecule has 1 aromatic heterocycles. The van der Waals surface area contributed by atoms with Crippen LogP contribution < -0.4 is 19.8 Å². The Kier molecular flexibility index (Phi) is 4.98. The molecule has 1 aliphatic rings. The monoisotopic (exact) mass is 395 g/mol. The van der Waals surface area contributed by atoms with Gasteiger partial charge in [-0.05, 0) is 42.8 Å². The topological polar surface area (TPSA) is 78.2 Å². The molecule has 7 heteroatoms. The van der Waals surface area contributed by atoms with Gasteiger partial charge in [0.1, 0.15) is 23.6 Å². The number of rotatable bonds is 5. The fourth-order valence-corrected chi connectivity index (χ4v) is 3.52. The molecule has 4 rings (SSSR count). The van der Waals surface area contributed by atoms with Crippen LogP contribution in [0.25, 0.3) is 11.0 Å². The average Bonchev–Trinajstić information content (AvgIpc) is 2.73. The molecule has 2 aromatic carbocycles. The largest absolute Gasteiger partial charge is 0.493 e. The highest BCUT2D eigenvalue weighted by Crippen LogP contribution is 2.33. The van der Waals surface area contributed by atoms with Crippen LogP contribution in [-0.4, -0.2) is 31.6 Å². The summed E-state index contributed by atoms with van der Waals surface area (Å²) in [5, 5.41) is 0.699. The molecule has 0 amide bonds. The van der Waals surface area contributed by atoms with Crippen LogP contribution in [0.15, 0.2) is 45.6 Å². The summed E-state index contributed by atoms with van der Waals surface area (Å²) in [5.74, 6) is 1.70. The van der Waals surface area contributed by atoms with Gasteiger partial charge < -0.3 is 18.6 Å². The van der Waals surface area contributed by atoms with Gasteiger partial charge in [0.15, 0.2) is 17.3 Å². The molecule has 0 N–H and O–H groups in total. The fourth-order valence-electron chi connectivity index (χ4n) is 3.52. The van der Waals surface area contributed by atoms with Crippen LogP contribution in [0.2, 0.25) is 0 Å². The van der Waals surface area contributed by atoms with Crippen molar-refractivity contribution in [1.29, 1.82) is 0 Å². The Hall–Kier alpha value is -3.32. The van der Waals surface area contributed by atoms with Crippen molar-refractivity contribution in [3.63, 3.8) is 0 Å². The zero-order chi connectivity index (χ0) is 20.5. The number of carbonyl (C=O) groups excluding carboxylic acids is 1. The zero-order valence-corrected chi connectivity index (χ0v) is 16.5. The molecule has 2 heterocycles. The third-order valence-electron chi connectivity index (χ3n) is 4.98. The molecule has 0 fully saturated rings. The Balaban J connectivity index is 1.65. The molecule has 0 radical (unpaired) electrons. The molecule has 29 heavy (non-hydrogen) atoms. The third kappa shape index (κ3) is 3.56. The Bertz CT molecular complexity index is 1150. The van der Waals surface area contributed by atoms with Gasteiger partial charge in [-0.25, -0.2) is 4.79 Å².